The van der Waals surface area contributed by atoms with E-state index in [1.54, 1.807) is 12.4 Å². The summed E-state index contributed by atoms with van der Waals surface area (Å²) in [5, 5.41) is 0. The first-order chi connectivity index (χ1) is 7.93. The number of rotatable bonds is 1. The molecule has 0 unspecified atom stereocenters. The quantitative estimate of drug-likeness (QED) is 0.727. The first-order valence-electron chi connectivity index (χ1n) is 5.69. The van der Waals surface area contributed by atoms with Crippen LogP contribution in [0.4, 0.5) is 0 Å². The number of hydrogen-bond donors (Lipinski definition) is 0. The molecule has 3 nitrogen and oxygen atoms in total. The van der Waals surface area contributed by atoms with Gasteiger partial charge in [-0.3, -0.25) is 4.98 Å². The molecular weight excluding hydrogens is 198 g/mol. The molecule has 0 atom stereocenters. The minimum Gasteiger partial charge on any atom is -0.265 e. The maximum atomic E-state index is 4.64. The minimum absolute atomic E-state index is 0.822. The summed E-state index contributed by atoms with van der Waals surface area (Å²) in [6.07, 6.45) is 10.3. The van der Waals surface area contributed by atoms with Gasteiger partial charge in [-0.05, 0) is 43.4 Å². The van der Waals surface area contributed by atoms with Crippen molar-refractivity contribution in [2.45, 2.75) is 25.7 Å². The molecule has 2 heterocycles. The Labute approximate surface area is 94.6 Å². The zero-order valence-electron chi connectivity index (χ0n) is 9.06. The van der Waals surface area contributed by atoms with E-state index in [0.717, 1.165) is 24.2 Å². The second-order valence-electron chi connectivity index (χ2n) is 4.11. The van der Waals surface area contributed by atoms with Crippen LogP contribution in [-0.4, -0.2) is 15.0 Å². The summed E-state index contributed by atoms with van der Waals surface area (Å²) in [5.74, 6) is 0.822. The third-order valence-corrected chi connectivity index (χ3v) is 3.00. The summed E-state index contributed by atoms with van der Waals surface area (Å²) in [7, 11) is 0. The largest absolute Gasteiger partial charge is 0.265 e. The fraction of sp³-hybridized carbons (Fsp3) is 0.308. The lowest BCUT2D eigenvalue weighted by Gasteiger charge is -2.14. The Kier molecular flexibility index (Phi) is 2.37. The van der Waals surface area contributed by atoms with Crippen LogP contribution in [0.5, 0.6) is 0 Å². The lowest BCUT2D eigenvalue weighted by Crippen LogP contribution is -2.07. The standard InChI is InChI=1S/C13H13N3/c1-2-4-12-11(3-1)9-15-13(16-12)10-5-7-14-8-6-10/h5-9H,1-4H2. The third-order valence-electron chi connectivity index (χ3n) is 3.00. The van der Waals surface area contributed by atoms with Crippen LogP contribution in [0.3, 0.4) is 0 Å². The summed E-state index contributed by atoms with van der Waals surface area (Å²) in [4.78, 5) is 13.1. The molecule has 0 saturated heterocycles. The molecule has 0 bridgehead atoms. The van der Waals surface area contributed by atoms with Gasteiger partial charge in [0.1, 0.15) is 0 Å². The molecular formula is C13H13N3. The summed E-state index contributed by atoms with van der Waals surface area (Å²) in [6, 6.07) is 3.90. The van der Waals surface area contributed by atoms with Crippen molar-refractivity contribution in [1.29, 1.82) is 0 Å². The first-order valence-corrected chi connectivity index (χ1v) is 5.69. The normalized spacial score (nSPS) is 14.5. The maximum Gasteiger partial charge on any atom is 0.159 e. The first kappa shape index (κ1) is 9.46. The average molecular weight is 211 g/mol. The van der Waals surface area contributed by atoms with Crippen LogP contribution < -0.4 is 0 Å². The monoisotopic (exact) mass is 211 g/mol. The Balaban J connectivity index is 2.03. The van der Waals surface area contributed by atoms with E-state index < -0.39 is 0 Å². The van der Waals surface area contributed by atoms with Crippen LogP contribution in [0.1, 0.15) is 24.1 Å². The maximum absolute atomic E-state index is 4.64. The number of pyridine rings is 1. The second-order valence-corrected chi connectivity index (χ2v) is 4.11. The highest BCUT2D eigenvalue weighted by Crippen LogP contribution is 2.21. The summed E-state index contributed by atoms with van der Waals surface area (Å²) < 4.78 is 0. The van der Waals surface area contributed by atoms with Crippen molar-refractivity contribution in [1.82, 2.24) is 15.0 Å². The highest BCUT2D eigenvalue weighted by molar-refractivity contribution is 5.53. The molecule has 80 valence electrons. The van der Waals surface area contributed by atoms with E-state index in [9.17, 15) is 0 Å². The van der Waals surface area contributed by atoms with E-state index in [1.807, 2.05) is 18.3 Å². The Hall–Kier alpha value is -1.77. The van der Waals surface area contributed by atoms with Crippen molar-refractivity contribution in [2.24, 2.45) is 0 Å². The third kappa shape index (κ3) is 1.69. The zero-order valence-corrected chi connectivity index (χ0v) is 9.06. The van der Waals surface area contributed by atoms with Crippen molar-refractivity contribution >= 4 is 0 Å². The van der Waals surface area contributed by atoms with E-state index in [4.69, 9.17) is 0 Å². The fourth-order valence-corrected chi connectivity index (χ4v) is 2.12. The predicted octanol–water partition coefficient (Wildman–Crippen LogP) is 2.42. The van der Waals surface area contributed by atoms with Crippen LogP contribution >= 0.6 is 0 Å². The van der Waals surface area contributed by atoms with E-state index >= 15 is 0 Å². The average Bonchev–Trinajstić information content (AvgIpc) is 2.39. The molecule has 0 amide bonds. The Bertz CT molecular complexity index is 494. The van der Waals surface area contributed by atoms with Crippen LogP contribution in [0, 0.1) is 0 Å². The van der Waals surface area contributed by atoms with Gasteiger partial charge in [-0.25, -0.2) is 9.97 Å². The molecule has 3 heteroatoms. The van der Waals surface area contributed by atoms with Gasteiger partial charge < -0.3 is 0 Å². The molecule has 0 saturated carbocycles. The molecule has 1 aliphatic carbocycles. The highest BCUT2D eigenvalue weighted by Gasteiger charge is 2.12. The Morgan fingerprint density at radius 2 is 1.81 bits per heavy atom. The summed E-state index contributed by atoms with van der Waals surface area (Å²) in [6.45, 7) is 0. The second kappa shape index (κ2) is 4.00. The van der Waals surface area contributed by atoms with Gasteiger partial charge in [0.05, 0.1) is 0 Å². The van der Waals surface area contributed by atoms with Crippen molar-refractivity contribution < 1.29 is 0 Å². The number of nitrogens with zero attached hydrogens (tertiary/aromatic N) is 3. The zero-order chi connectivity index (χ0) is 10.8. The predicted molar refractivity (Wildman–Crippen MR) is 61.9 cm³/mol. The van der Waals surface area contributed by atoms with Crippen LogP contribution in [0.2, 0.25) is 0 Å². The van der Waals surface area contributed by atoms with E-state index in [2.05, 4.69) is 15.0 Å². The van der Waals surface area contributed by atoms with Crippen LogP contribution in [0.25, 0.3) is 11.4 Å². The van der Waals surface area contributed by atoms with Crippen molar-refractivity contribution in [3.8, 4) is 11.4 Å². The van der Waals surface area contributed by atoms with Gasteiger partial charge in [0.15, 0.2) is 5.82 Å². The summed E-state index contributed by atoms with van der Waals surface area (Å²) in [5.41, 5.74) is 3.60. The Morgan fingerprint density at radius 1 is 1.00 bits per heavy atom. The van der Waals surface area contributed by atoms with Crippen molar-refractivity contribution in [3.05, 3.63) is 42.0 Å². The fourth-order valence-electron chi connectivity index (χ4n) is 2.12. The molecule has 0 fully saturated rings. The number of hydrogen-bond acceptors (Lipinski definition) is 3. The van der Waals surface area contributed by atoms with E-state index in [1.165, 1.54) is 24.1 Å². The minimum atomic E-state index is 0.822. The molecule has 16 heavy (non-hydrogen) atoms. The number of fused-ring (bicyclic) bond motifs is 1. The SMILES string of the molecule is c1cc(-c2ncc3c(n2)CCCC3)ccn1. The van der Waals surface area contributed by atoms with E-state index in [-0.39, 0.29) is 0 Å². The van der Waals surface area contributed by atoms with Gasteiger partial charge in [0, 0.05) is 29.8 Å². The van der Waals surface area contributed by atoms with Gasteiger partial charge in [0.25, 0.3) is 0 Å². The van der Waals surface area contributed by atoms with Gasteiger partial charge in [-0.15, -0.1) is 0 Å². The van der Waals surface area contributed by atoms with Gasteiger partial charge in [0.2, 0.25) is 0 Å². The smallest absolute Gasteiger partial charge is 0.159 e. The Morgan fingerprint density at radius 3 is 2.69 bits per heavy atom. The molecule has 2 aromatic rings. The lowest BCUT2D eigenvalue weighted by molar-refractivity contribution is 0.663. The molecule has 0 N–H and O–H groups in total. The van der Waals surface area contributed by atoms with Crippen molar-refractivity contribution in [2.75, 3.05) is 0 Å². The molecule has 0 aliphatic heterocycles. The van der Waals surface area contributed by atoms with Crippen LogP contribution in [0.15, 0.2) is 30.7 Å². The van der Waals surface area contributed by atoms with Gasteiger partial charge in [-0.1, -0.05) is 0 Å². The molecule has 0 radical (unpaired) electrons. The van der Waals surface area contributed by atoms with E-state index in [0.29, 0.717) is 0 Å². The molecule has 2 aromatic heterocycles. The lowest BCUT2D eigenvalue weighted by atomic mass is 9.97. The topological polar surface area (TPSA) is 38.7 Å². The number of aromatic nitrogens is 3. The van der Waals surface area contributed by atoms with Crippen molar-refractivity contribution in [3.63, 3.8) is 0 Å². The number of aryl methyl sites for hydroxylation is 2. The molecule has 3 rings (SSSR count). The summed E-state index contributed by atoms with van der Waals surface area (Å²) >= 11 is 0. The molecule has 0 spiro atoms. The molecule has 1 aliphatic rings. The van der Waals surface area contributed by atoms with Gasteiger partial charge >= 0.3 is 0 Å². The highest BCUT2D eigenvalue weighted by atomic mass is 14.9. The van der Waals surface area contributed by atoms with Crippen LogP contribution in [-0.2, 0) is 12.8 Å². The molecule has 0 aromatic carbocycles. The van der Waals surface area contributed by atoms with Gasteiger partial charge in [-0.2, -0.15) is 0 Å².